The molecule has 0 heterocycles. The third kappa shape index (κ3) is 4.60. The predicted molar refractivity (Wildman–Crippen MR) is 88.1 cm³/mol. The molecule has 122 valence electrons. The van der Waals surface area contributed by atoms with Crippen molar-refractivity contribution in [2.24, 2.45) is 4.99 Å². The van der Waals surface area contributed by atoms with Gasteiger partial charge in [-0.25, -0.2) is 4.39 Å². The van der Waals surface area contributed by atoms with Crippen LogP contribution in [0.3, 0.4) is 0 Å². The van der Waals surface area contributed by atoms with E-state index in [9.17, 15) is 9.50 Å². The van der Waals surface area contributed by atoms with E-state index in [0.717, 1.165) is 0 Å². The number of aromatic hydroxyl groups is 1. The van der Waals surface area contributed by atoms with Crippen LogP contribution in [0.1, 0.15) is 11.1 Å². The number of nitrogens with one attached hydrogen (secondary N) is 2. The number of phenols is 1. The number of halogens is 1. The number of guanidine groups is 1. The second-order valence-electron chi connectivity index (χ2n) is 4.87. The second kappa shape index (κ2) is 8.03. The van der Waals surface area contributed by atoms with Crippen molar-refractivity contribution < 1.29 is 14.2 Å². The van der Waals surface area contributed by atoms with Crippen LogP contribution in [0.4, 0.5) is 4.39 Å². The van der Waals surface area contributed by atoms with Crippen molar-refractivity contribution in [2.45, 2.75) is 13.1 Å². The van der Waals surface area contributed by atoms with Crippen LogP contribution in [-0.2, 0) is 13.1 Å². The predicted octanol–water partition coefficient (Wildman–Crippen LogP) is 2.41. The molecule has 6 heteroatoms. The van der Waals surface area contributed by atoms with Crippen molar-refractivity contribution in [3.05, 3.63) is 59.4 Å². The summed E-state index contributed by atoms with van der Waals surface area (Å²) in [7, 11) is 3.20. The molecule has 0 fully saturated rings. The van der Waals surface area contributed by atoms with Crippen molar-refractivity contribution in [1.82, 2.24) is 10.6 Å². The molecule has 0 saturated carbocycles. The van der Waals surface area contributed by atoms with Crippen LogP contribution in [0, 0.1) is 5.82 Å². The molecular formula is C17H20FN3O2. The summed E-state index contributed by atoms with van der Waals surface area (Å²) in [5.41, 5.74) is 1.23. The Bertz CT molecular complexity index is 689. The average Bonchev–Trinajstić information content (AvgIpc) is 2.57. The normalized spacial score (nSPS) is 11.2. The Morgan fingerprint density at radius 1 is 1.13 bits per heavy atom. The molecular weight excluding hydrogens is 297 g/mol. The van der Waals surface area contributed by atoms with E-state index >= 15 is 0 Å². The molecule has 0 aliphatic rings. The third-order valence-electron chi connectivity index (χ3n) is 3.36. The van der Waals surface area contributed by atoms with Gasteiger partial charge < -0.3 is 20.5 Å². The summed E-state index contributed by atoms with van der Waals surface area (Å²) in [5.74, 6) is 1.08. The summed E-state index contributed by atoms with van der Waals surface area (Å²) in [6.45, 7) is 0.677. The van der Waals surface area contributed by atoms with Crippen molar-refractivity contribution in [2.75, 3.05) is 14.2 Å². The van der Waals surface area contributed by atoms with E-state index in [-0.39, 0.29) is 11.6 Å². The Hall–Kier alpha value is -2.76. The van der Waals surface area contributed by atoms with Gasteiger partial charge in [-0.05, 0) is 24.3 Å². The number of nitrogens with zero attached hydrogens (tertiary/aromatic N) is 1. The molecule has 5 nitrogen and oxygen atoms in total. The number of hydrogen-bond donors (Lipinski definition) is 3. The fourth-order valence-electron chi connectivity index (χ4n) is 2.05. The molecule has 2 rings (SSSR count). The van der Waals surface area contributed by atoms with Crippen LogP contribution < -0.4 is 15.4 Å². The van der Waals surface area contributed by atoms with E-state index in [1.165, 1.54) is 6.07 Å². The molecule has 0 aliphatic heterocycles. The van der Waals surface area contributed by atoms with Gasteiger partial charge in [-0.1, -0.05) is 18.2 Å². The molecule has 0 spiro atoms. The first kappa shape index (κ1) is 16.6. The summed E-state index contributed by atoms with van der Waals surface area (Å²) in [6, 6.07) is 11.6. The highest BCUT2D eigenvalue weighted by Gasteiger charge is 2.06. The first-order valence-electron chi connectivity index (χ1n) is 7.18. The first-order chi connectivity index (χ1) is 11.1. The van der Waals surface area contributed by atoms with Gasteiger partial charge in [0.25, 0.3) is 0 Å². The Labute approximate surface area is 134 Å². The number of benzene rings is 2. The summed E-state index contributed by atoms with van der Waals surface area (Å²) in [4.78, 5) is 4.08. The molecule has 3 N–H and O–H groups in total. The molecule has 0 aliphatic carbocycles. The highest BCUT2D eigenvalue weighted by molar-refractivity contribution is 5.79. The van der Waals surface area contributed by atoms with Gasteiger partial charge in [-0.2, -0.15) is 0 Å². The van der Waals surface area contributed by atoms with Gasteiger partial charge in [0, 0.05) is 31.3 Å². The minimum Gasteiger partial charge on any atom is -0.508 e. The zero-order valence-corrected chi connectivity index (χ0v) is 13.1. The van der Waals surface area contributed by atoms with E-state index in [1.807, 2.05) is 0 Å². The van der Waals surface area contributed by atoms with Crippen molar-refractivity contribution >= 4 is 5.96 Å². The molecule has 23 heavy (non-hydrogen) atoms. The van der Waals surface area contributed by atoms with Crippen LogP contribution in [0.25, 0.3) is 0 Å². The Morgan fingerprint density at radius 2 is 1.83 bits per heavy atom. The van der Waals surface area contributed by atoms with Crippen molar-refractivity contribution in [1.29, 1.82) is 0 Å². The van der Waals surface area contributed by atoms with Gasteiger partial charge in [0.2, 0.25) is 0 Å². The SMILES string of the molecule is CN=C(NCc1cc(OC)ccc1O)NCc1ccccc1F. The number of hydrogen-bond acceptors (Lipinski definition) is 3. The van der Waals surface area contributed by atoms with Gasteiger partial charge >= 0.3 is 0 Å². The highest BCUT2D eigenvalue weighted by atomic mass is 19.1. The minimum absolute atomic E-state index is 0.169. The molecule has 0 aromatic heterocycles. The van der Waals surface area contributed by atoms with E-state index in [0.29, 0.717) is 35.9 Å². The van der Waals surface area contributed by atoms with E-state index in [4.69, 9.17) is 4.74 Å². The number of phenolic OH excluding ortho intramolecular Hbond substituents is 1. The summed E-state index contributed by atoms with van der Waals surface area (Å²) < 4.78 is 18.7. The third-order valence-corrected chi connectivity index (χ3v) is 3.36. The minimum atomic E-state index is -0.263. The van der Waals surface area contributed by atoms with Crippen LogP contribution in [0.15, 0.2) is 47.5 Å². The lowest BCUT2D eigenvalue weighted by atomic mass is 10.2. The number of aliphatic imine (C=N–C) groups is 1. The van der Waals surface area contributed by atoms with Crippen LogP contribution in [0.2, 0.25) is 0 Å². The number of methoxy groups -OCH3 is 1. The fraction of sp³-hybridized carbons (Fsp3) is 0.235. The Kier molecular flexibility index (Phi) is 5.80. The van der Waals surface area contributed by atoms with Crippen molar-refractivity contribution in [3.63, 3.8) is 0 Å². The Morgan fingerprint density at radius 3 is 2.48 bits per heavy atom. The average molecular weight is 317 g/mol. The number of ether oxygens (including phenoxy) is 1. The number of rotatable bonds is 5. The lowest BCUT2D eigenvalue weighted by molar-refractivity contribution is 0.410. The summed E-state index contributed by atoms with van der Waals surface area (Å²) in [5, 5.41) is 16.0. The lowest BCUT2D eigenvalue weighted by Gasteiger charge is -2.13. The fourth-order valence-corrected chi connectivity index (χ4v) is 2.05. The first-order valence-corrected chi connectivity index (χ1v) is 7.18. The van der Waals surface area contributed by atoms with Crippen molar-refractivity contribution in [3.8, 4) is 11.5 Å². The molecule has 2 aromatic carbocycles. The van der Waals surface area contributed by atoms with Gasteiger partial charge in [0.15, 0.2) is 5.96 Å². The molecule has 0 atom stereocenters. The standard InChI is InChI=1S/C17H20FN3O2/c1-19-17(20-10-12-5-3-4-6-15(12)18)21-11-13-9-14(23-2)7-8-16(13)22/h3-9,22H,10-11H2,1-2H3,(H2,19,20,21). The van der Waals surface area contributed by atoms with Crippen LogP contribution in [0.5, 0.6) is 11.5 Å². The van der Waals surface area contributed by atoms with E-state index < -0.39 is 0 Å². The summed E-state index contributed by atoms with van der Waals surface area (Å²) in [6.07, 6.45) is 0. The van der Waals surface area contributed by atoms with Gasteiger partial charge in [-0.3, -0.25) is 4.99 Å². The second-order valence-corrected chi connectivity index (χ2v) is 4.87. The zero-order chi connectivity index (χ0) is 16.7. The topological polar surface area (TPSA) is 65.9 Å². The van der Waals surface area contributed by atoms with Gasteiger partial charge in [0.05, 0.1) is 7.11 Å². The maximum Gasteiger partial charge on any atom is 0.191 e. The maximum atomic E-state index is 13.6. The smallest absolute Gasteiger partial charge is 0.191 e. The van der Waals surface area contributed by atoms with E-state index in [1.54, 1.807) is 50.6 Å². The largest absolute Gasteiger partial charge is 0.508 e. The molecule has 0 bridgehead atoms. The Balaban J connectivity index is 1.94. The highest BCUT2D eigenvalue weighted by Crippen LogP contribution is 2.22. The molecule has 0 saturated heterocycles. The zero-order valence-electron chi connectivity index (χ0n) is 13.1. The molecule has 0 unspecified atom stereocenters. The van der Waals surface area contributed by atoms with Crippen LogP contribution in [-0.4, -0.2) is 25.2 Å². The summed E-state index contributed by atoms with van der Waals surface area (Å²) >= 11 is 0. The lowest BCUT2D eigenvalue weighted by Crippen LogP contribution is -2.36. The van der Waals surface area contributed by atoms with Gasteiger partial charge in [-0.15, -0.1) is 0 Å². The maximum absolute atomic E-state index is 13.6. The molecule has 0 radical (unpaired) electrons. The molecule has 2 aromatic rings. The van der Waals surface area contributed by atoms with Crippen LogP contribution >= 0.6 is 0 Å². The molecule has 0 amide bonds. The quantitative estimate of drug-likeness (QED) is 0.585. The monoisotopic (exact) mass is 317 g/mol. The van der Waals surface area contributed by atoms with E-state index in [2.05, 4.69) is 15.6 Å². The van der Waals surface area contributed by atoms with Gasteiger partial charge in [0.1, 0.15) is 17.3 Å².